The molecule has 0 aliphatic rings. The van der Waals surface area contributed by atoms with E-state index in [0.717, 1.165) is 21.4 Å². The van der Waals surface area contributed by atoms with Gasteiger partial charge in [0.1, 0.15) is 0 Å². The van der Waals surface area contributed by atoms with E-state index < -0.39 is 0 Å². The molecule has 2 aromatic carbocycles. The van der Waals surface area contributed by atoms with E-state index >= 15 is 0 Å². The Morgan fingerprint density at radius 1 is 1.10 bits per heavy atom. The minimum Gasteiger partial charge on any atom is -0.321 e. The normalized spacial score (nSPS) is 10.4. The van der Waals surface area contributed by atoms with Crippen molar-refractivity contribution in [2.75, 3.05) is 5.32 Å². The molecule has 1 aromatic heterocycles. The van der Waals surface area contributed by atoms with Gasteiger partial charge in [-0.05, 0) is 35.7 Å². The summed E-state index contributed by atoms with van der Waals surface area (Å²) in [6.45, 7) is 0. The maximum atomic E-state index is 12.2. The van der Waals surface area contributed by atoms with Gasteiger partial charge in [0.05, 0.1) is 5.69 Å². The molecular formula is C16H12N2OS. The third kappa shape index (κ3) is 2.51. The van der Waals surface area contributed by atoms with Gasteiger partial charge in [-0.3, -0.25) is 9.78 Å². The van der Waals surface area contributed by atoms with E-state index in [-0.39, 0.29) is 5.91 Å². The topological polar surface area (TPSA) is 42.0 Å². The Bertz CT molecular complexity index is 781. The lowest BCUT2D eigenvalue weighted by Gasteiger charge is -2.08. The molecule has 0 aliphatic carbocycles. The van der Waals surface area contributed by atoms with Gasteiger partial charge in [0.2, 0.25) is 0 Å². The largest absolute Gasteiger partial charge is 0.321 e. The average molecular weight is 280 g/mol. The first-order valence-corrected chi connectivity index (χ1v) is 6.62. The van der Waals surface area contributed by atoms with Crippen molar-refractivity contribution in [1.82, 2.24) is 4.98 Å². The molecule has 0 saturated carbocycles. The lowest BCUT2D eigenvalue weighted by atomic mass is 10.1. The van der Waals surface area contributed by atoms with E-state index in [1.807, 2.05) is 36.4 Å². The van der Waals surface area contributed by atoms with Crippen LogP contribution in [0.15, 0.2) is 65.8 Å². The first-order valence-electron chi connectivity index (χ1n) is 6.17. The smallest absolute Gasteiger partial charge is 0.255 e. The van der Waals surface area contributed by atoms with Gasteiger partial charge in [0.15, 0.2) is 0 Å². The molecule has 3 nitrogen and oxygen atoms in total. The highest BCUT2D eigenvalue weighted by Crippen LogP contribution is 2.22. The van der Waals surface area contributed by atoms with Gasteiger partial charge in [0, 0.05) is 28.2 Å². The molecule has 1 N–H and O–H groups in total. The number of amides is 1. The van der Waals surface area contributed by atoms with Gasteiger partial charge < -0.3 is 5.32 Å². The fourth-order valence-corrected chi connectivity index (χ4v) is 2.29. The van der Waals surface area contributed by atoms with Crippen LogP contribution in [0.1, 0.15) is 10.4 Å². The molecule has 20 heavy (non-hydrogen) atoms. The second-order valence-electron chi connectivity index (χ2n) is 4.41. The SMILES string of the molecule is O=C(Nc1cccc2ccncc12)c1cccc(S)c1. The summed E-state index contributed by atoms with van der Waals surface area (Å²) in [7, 11) is 0. The number of carbonyl (C=O) groups is 1. The zero-order chi connectivity index (χ0) is 13.9. The van der Waals surface area contributed by atoms with Crippen LogP contribution in [-0.4, -0.2) is 10.9 Å². The summed E-state index contributed by atoms with van der Waals surface area (Å²) < 4.78 is 0. The van der Waals surface area contributed by atoms with Gasteiger partial charge in [-0.2, -0.15) is 0 Å². The van der Waals surface area contributed by atoms with Crippen molar-refractivity contribution in [1.29, 1.82) is 0 Å². The summed E-state index contributed by atoms with van der Waals surface area (Å²) in [6, 6.07) is 14.8. The first-order chi connectivity index (χ1) is 9.74. The van der Waals surface area contributed by atoms with Crippen molar-refractivity contribution >= 4 is 35.0 Å². The summed E-state index contributed by atoms with van der Waals surface area (Å²) >= 11 is 4.24. The standard InChI is InChI=1S/C16H12N2OS/c19-16(12-4-1-5-13(20)9-12)18-15-6-2-3-11-7-8-17-10-14(11)15/h1-10,20H,(H,18,19). The number of benzene rings is 2. The zero-order valence-electron chi connectivity index (χ0n) is 10.6. The van der Waals surface area contributed by atoms with Crippen LogP contribution in [0.4, 0.5) is 5.69 Å². The Labute approximate surface area is 122 Å². The predicted molar refractivity (Wildman–Crippen MR) is 83.4 cm³/mol. The maximum absolute atomic E-state index is 12.2. The van der Waals surface area contributed by atoms with Crippen LogP contribution < -0.4 is 5.32 Å². The summed E-state index contributed by atoms with van der Waals surface area (Å²) in [6.07, 6.45) is 3.48. The molecule has 98 valence electrons. The van der Waals surface area contributed by atoms with Crippen LogP contribution in [-0.2, 0) is 0 Å². The van der Waals surface area contributed by atoms with Crippen LogP contribution in [0.5, 0.6) is 0 Å². The number of nitrogens with zero attached hydrogens (tertiary/aromatic N) is 1. The number of hydrogen-bond acceptors (Lipinski definition) is 3. The number of thiol groups is 1. The maximum Gasteiger partial charge on any atom is 0.255 e. The van der Waals surface area contributed by atoms with Crippen molar-refractivity contribution in [2.45, 2.75) is 4.90 Å². The molecule has 0 aliphatic heterocycles. The number of fused-ring (bicyclic) bond motifs is 1. The van der Waals surface area contributed by atoms with Gasteiger partial charge in [0.25, 0.3) is 5.91 Å². The average Bonchev–Trinajstić information content (AvgIpc) is 2.47. The number of aromatic nitrogens is 1. The third-order valence-corrected chi connectivity index (χ3v) is 3.32. The highest BCUT2D eigenvalue weighted by atomic mass is 32.1. The summed E-state index contributed by atoms with van der Waals surface area (Å²) in [5.41, 5.74) is 1.34. The minimum atomic E-state index is -0.155. The lowest BCUT2D eigenvalue weighted by molar-refractivity contribution is 0.102. The number of pyridine rings is 1. The van der Waals surface area contributed by atoms with Crippen molar-refractivity contribution in [3.63, 3.8) is 0 Å². The minimum absolute atomic E-state index is 0.155. The summed E-state index contributed by atoms with van der Waals surface area (Å²) in [5, 5.41) is 4.88. The Balaban J connectivity index is 1.95. The van der Waals surface area contributed by atoms with E-state index in [4.69, 9.17) is 0 Å². The van der Waals surface area contributed by atoms with E-state index in [2.05, 4.69) is 22.9 Å². The third-order valence-electron chi connectivity index (χ3n) is 3.04. The van der Waals surface area contributed by atoms with Crippen LogP contribution in [0.3, 0.4) is 0 Å². The Morgan fingerprint density at radius 2 is 1.95 bits per heavy atom. The second-order valence-corrected chi connectivity index (χ2v) is 4.92. The van der Waals surface area contributed by atoms with Gasteiger partial charge in [-0.15, -0.1) is 12.6 Å². The molecule has 0 unspecified atom stereocenters. The highest BCUT2D eigenvalue weighted by molar-refractivity contribution is 7.80. The second kappa shape index (κ2) is 5.35. The van der Waals surface area contributed by atoms with Crippen LogP contribution in [0.25, 0.3) is 10.8 Å². The number of hydrogen-bond donors (Lipinski definition) is 2. The molecule has 1 amide bonds. The van der Waals surface area contributed by atoms with Crippen LogP contribution >= 0.6 is 12.6 Å². The molecule has 0 fully saturated rings. The lowest BCUT2D eigenvalue weighted by Crippen LogP contribution is -2.12. The molecule has 0 spiro atoms. The fourth-order valence-electron chi connectivity index (χ4n) is 2.06. The first kappa shape index (κ1) is 12.7. The van der Waals surface area contributed by atoms with Crippen molar-refractivity contribution < 1.29 is 4.79 Å². The Morgan fingerprint density at radius 3 is 2.80 bits per heavy atom. The summed E-state index contributed by atoms with van der Waals surface area (Å²) in [4.78, 5) is 17.1. The van der Waals surface area contributed by atoms with Crippen LogP contribution in [0.2, 0.25) is 0 Å². The fraction of sp³-hybridized carbons (Fsp3) is 0. The molecular weight excluding hydrogens is 268 g/mol. The van der Waals surface area contributed by atoms with Gasteiger partial charge >= 0.3 is 0 Å². The molecule has 0 radical (unpaired) electrons. The highest BCUT2D eigenvalue weighted by Gasteiger charge is 2.08. The number of rotatable bonds is 2. The molecule has 3 rings (SSSR count). The monoisotopic (exact) mass is 280 g/mol. The molecule has 0 bridgehead atoms. The zero-order valence-corrected chi connectivity index (χ0v) is 11.5. The number of anilines is 1. The van der Waals surface area contributed by atoms with Gasteiger partial charge in [-0.1, -0.05) is 18.2 Å². The van der Waals surface area contributed by atoms with Crippen molar-refractivity contribution in [3.8, 4) is 0 Å². The summed E-state index contributed by atoms with van der Waals surface area (Å²) in [5.74, 6) is -0.155. The number of carbonyl (C=O) groups excluding carboxylic acids is 1. The predicted octanol–water partition coefficient (Wildman–Crippen LogP) is 3.78. The van der Waals surface area contributed by atoms with Crippen molar-refractivity contribution in [2.24, 2.45) is 0 Å². The molecule has 0 saturated heterocycles. The van der Waals surface area contributed by atoms with Crippen LogP contribution in [0, 0.1) is 0 Å². The Kier molecular flexibility index (Phi) is 3.39. The van der Waals surface area contributed by atoms with E-state index in [1.165, 1.54) is 0 Å². The van der Waals surface area contributed by atoms with Gasteiger partial charge in [-0.25, -0.2) is 0 Å². The molecule has 0 atom stereocenters. The van der Waals surface area contributed by atoms with E-state index in [1.54, 1.807) is 24.5 Å². The van der Waals surface area contributed by atoms with E-state index in [9.17, 15) is 4.79 Å². The molecule has 4 heteroatoms. The molecule has 3 aromatic rings. The Hall–Kier alpha value is -2.33. The molecule has 1 heterocycles. The quantitative estimate of drug-likeness (QED) is 0.702. The van der Waals surface area contributed by atoms with E-state index in [0.29, 0.717) is 5.56 Å². The van der Waals surface area contributed by atoms with Crippen molar-refractivity contribution in [3.05, 3.63) is 66.5 Å². The number of nitrogens with one attached hydrogen (secondary N) is 1.